The molecule has 0 radical (unpaired) electrons. The minimum Gasteiger partial charge on any atom is -0.363 e. The second kappa shape index (κ2) is 5.06. The van der Waals surface area contributed by atoms with Crippen molar-refractivity contribution in [2.75, 3.05) is 32.8 Å². The van der Waals surface area contributed by atoms with E-state index in [0.29, 0.717) is 18.6 Å². The third-order valence-electron chi connectivity index (χ3n) is 5.25. The van der Waals surface area contributed by atoms with Crippen LogP contribution in [0, 0.1) is 5.41 Å². The first kappa shape index (κ1) is 13.4. The molecule has 1 atom stereocenters. The van der Waals surface area contributed by atoms with E-state index in [2.05, 4.69) is 10.2 Å². The highest BCUT2D eigenvalue weighted by molar-refractivity contribution is 5.85. The number of hydrogen-bond acceptors (Lipinski definition) is 3. The Balaban J connectivity index is 1.65. The first-order valence-corrected chi connectivity index (χ1v) is 7.78. The maximum Gasteiger partial charge on any atom is 0.255 e. The zero-order chi connectivity index (χ0) is 13.3. The Morgan fingerprint density at radius 3 is 2.68 bits per heavy atom. The van der Waals surface area contributed by atoms with Crippen molar-refractivity contribution in [1.82, 2.24) is 10.2 Å². The number of likely N-dealkylation sites (tertiary alicyclic amines) is 1. The molecule has 3 fully saturated rings. The number of carbonyl (C=O) groups is 1. The van der Waals surface area contributed by atoms with Gasteiger partial charge in [-0.1, -0.05) is 19.3 Å². The molecule has 1 aliphatic carbocycles. The van der Waals surface area contributed by atoms with Gasteiger partial charge in [-0.2, -0.15) is 0 Å². The van der Waals surface area contributed by atoms with Crippen molar-refractivity contribution in [3.63, 3.8) is 0 Å². The van der Waals surface area contributed by atoms with Gasteiger partial charge < -0.3 is 15.0 Å². The van der Waals surface area contributed by atoms with E-state index in [1.165, 1.54) is 38.5 Å². The number of nitrogens with one attached hydrogen (secondary N) is 1. The van der Waals surface area contributed by atoms with Crippen molar-refractivity contribution in [2.24, 2.45) is 5.41 Å². The molecule has 1 spiro atoms. The van der Waals surface area contributed by atoms with Crippen molar-refractivity contribution in [3.05, 3.63) is 0 Å². The molecule has 3 rings (SSSR count). The summed E-state index contributed by atoms with van der Waals surface area (Å²) in [6, 6.07) is 0. The normalized spacial score (nSPS) is 34.7. The average molecular weight is 266 g/mol. The fourth-order valence-electron chi connectivity index (χ4n) is 4.02. The molecular weight excluding hydrogens is 240 g/mol. The van der Waals surface area contributed by atoms with Gasteiger partial charge in [-0.15, -0.1) is 0 Å². The van der Waals surface area contributed by atoms with Crippen molar-refractivity contribution in [1.29, 1.82) is 0 Å². The Morgan fingerprint density at radius 2 is 2.00 bits per heavy atom. The molecule has 2 heterocycles. The maximum atomic E-state index is 12.7. The second-order valence-electron chi connectivity index (χ2n) is 6.79. The molecule has 0 aromatic heterocycles. The Hall–Kier alpha value is -0.610. The number of amides is 1. The van der Waals surface area contributed by atoms with E-state index < -0.39 is 5.60 Å². The van der Waals surface area contributed by atoms with Gasteiger partial charge in [0, 0.05) is 26.2 Å². The standard InChI is InChI=1S/C15H26N2O2/c1-14(11-16-8-10-19-14)13(18)17-9-7-15(12-17)5-3-2-4-6-15/h16H,2-12H2,1H3/t14-/m1/s1. The molecule has 108 valence electrons. The SMILES string of the molecule is C[C@]1(C(=O)N2CCC3(CCCCC3)C2)CNCCO1. The molecule has 0 aromatic rings. The Morgan fingerprint density at radius 1 is 1.21 bits per heavy atom. The quantitative estimate of drug-likeness (QED) is 0.783. The van der Waals surface area contributed by atoms with Gasteiger partial charge in [-0.25, -0.2) is 0 Å². The van der Waals surface area contributed by atoms with E-state index >= 15 is 0 Å². The summed E-state index contributed by atoms with van der Waals surface area (Å²) in [5.74, 6) is 0.196. The van der Waals surface area contributed by atoms with E-state index in [-0.39, 0.29) is 5.91 Å². The highest BCUT2D eigenvalue weighted by Crippen LogP contribution is 2.44. The van der Waals surface area contributed by atoms with Gasteiger partial charge >= 0.3 is 0 Å². The van der Waals surface area contributed by atoms with Crippen LogP contribution < -0.4 is 5.32 Å². The summed E-state index contributed by atoms with van der Waals surface area (Å²) in [6.07, 6.45) is 7.89. The van der Waals surface area contributed by atoms with E-state index in [1.807, 2.05) is 6.92 Å². The Labute approximate surface area is 115 Å². The summed E-state index contributed by atoms with van der Waals surface area (Å²) in [7, 11) is 0. The van der Waals surface area contributed by atoms with E-state index in [9.17, 15) is 4.79 Å². The van der Waals surface area contributed by atoms with Gasteiger partial charge in [0.15, 0.2) is 5.60 Å². The van der Waals surface area contributed by atoms with Crippen LogP contribution in [0.3, 0.4) is 0 Å². The lowest BCUT2D eigenvalue weighted by Gasteiger charge is -2.37. The fourth-order valence-corrected chi connectivity index (χ4v) is 4.02. The van der Waals surface area contributed by atoms with Crippen molar-refractivity contribution < 1.29 is 9.53 Å². The highest BCUT2D eigenvalue weighted by atomic mass is 16.5. The molecule has 0 unspecified atom stereocenters. The first-order valence-electron chi connectivity index (χ1n) is 7.78. The van der Waals surface area contributed by atoms with Crippen LogP contribution >= 0.6 is 0 Å². The number of rotatable bonds is 1. The topological polar surface area (TPSA) is 41.6 Å². The molecule has 4 nitrogen and oxygen atoms in total. The third kappa shape index (κ3) is 2.52. The number of ether oxygens (including phenoxy) is 1. The summed E-state index contributed by atoms with van der Waals surface area (Å²) in [5.41, 5.74) is -0.204. The van der Waals surface area contributed by atoms with Crippen molar-refractivity contribution in [3.8, 4) is 0 Å². The molecule has 1 N–H and O–H groups in total. The third-order valence-corrected chi connectivity index (χ3v) is 5.25. The highest BCUT2D eigenvalue weighted by Gasteiger charge is 2.46. The molecule has 2 saturated heterocycles. The molecule has 4 heteroatoms. The maximum absolute atomic E-state index is 12.7. The van der Waals surface area contributed by atoms with Gasteiger partial charge in [-0.3, -0.25) is 4.79 Å². The molecule has 0 bridgehead atoms. The van der Waals surface area contributed by atoms with Crippen LogP contribution in [0.2, 0.25) is 0 Å². The zero-order valence-corrected chi connectivity index (χ0v) is 12.0. The summed E-state index contributed by atoms with van der Waals surface area (Å²) < 4.78 is 5.76. The summed E-state index contributed by atoms with van der Waals surface area (Å²) in [5, 5.41) is 3.28. The van der Waals surface area contributed by atoms with Gasteiger partial charge in [-0.05, 0) is 31.6 Å². The summed E-state index contributed by atoms with van der Waals surface area (Å²) >= 11 is 0. The number of carbonyl (C=O) groups excluding carboxylic acids is 1. The lowest BCUT2D eigenvalue weighted by Crippen LogP contribution is -2.57. The molecule has 3 aliphatic rings. The van der Waals surface area contributed by atoms with Gasteiger partial charge in [0.2, 0.25) is 0 Å². The molecule has 19 heavy (non-hydrogen) atoms. The molecule has 1 amide bonds. The van der Waals surface area contributed by atoms with E-state index in [4.69, 9.17) is 4.74 Å². The average Bonchev–Trinajstić information content (AvgIpc) is 2.83. The van der Waals surface area contributed by atoms with Crippen LogP contribution in [0.15, 0.2) is 0 Å². The monoisotopic (exact) mass is 266 g/mol. The largest absolute Gasteiger partial charge is 0.363 e. The fraction of sp³-hybridized carbons (Fsp3) is 0.933. The lowest BCUT2D eigenvalue weighted by atomic mass is 9.73. The van der Waals surface area contributed by atoms with Crippen LogP contribution in [-0.2, 0) is 9.53 Å². The minimum absolute atomic E-state index is 0.196. The molecule has 0 aromatic carbocycles. The van der Waals surface area contributed by atoms with Crippen LogP contribution in [0.5, 0.6) is 0 Å². The van der Waals surface area contributed by atoms with Gasteiger partial charge in [0.25, 0.3) is 5.91 Å². The predicted octanol–water partition coefficient (Wildman–Crippen LogP) is 1.55. The molecule has 1 saturated carbocycles. The predicted molar refractivity (Wildman–Crippen MR) is 73.9 cm³/mol. The van der Waals surface area contributed by atoms with Gasteiger partial charge in [0.1, 0.15) is 0 Å². The van der Waals surface area contributed by atoms with E-state index in [0.717, 1.165) is 19.6 Å². The molecular formula is C15H26N2O2. The zero-order valence-electron chi connectivity index (χ0n) is 12.0. The van der Waals surface area contributed by atoms with Crippen LogP contribution in [0.4, 0.5) is 0 Å². The van der Waals surface area contributed by atoms with Crippen LogP contribution in [0.1, 0.15) is 45.4 Å². The number of nitrogens with zero attached hydrogens (tertiary/aromatic N) is 1. The number of morpholine rings is 1. The molecule has 2 aliphatic heterocycles. The Bertz CT molecular complexity index is 344. The summed E-state index contributed by atoms with van der Waals surface area (Å²) in [4.78, 5) is 14.8. The smallest absolute Gasteiger partial charge is 0.255 e. The lowest BCUT2D eigenvalue weighted by molar-refractivity contribution is -0.158. The number of hydrogen-bond donors (Lipinski definition) is 1. The van der Waals surface area contributed by atoms with Crippen molar-refractivity contribution >= 4 is 5.91 Å². The van der Waals surface area contributed by atoms with E-state index in [1.54, 1.807) is 0 Å². The van der Waals surface area contributed by atoms with Gasteiger partial charge in [0.05, 0.1) is 6.61 Å². The van der Waals surface area contributed by atoms with Crippen molar-refractivity contribution in [2.45, 2.75) is 51.0 Å². The van der Waals surface area contributed by atoms with Crippen LogP contribution in [-0.4, -0.2) is 49.2 Å². The second-order valence-corrected chi connectivity index (χ2v) is 6.79. The first-order chi connectivity index (χ1) is 9.14. The minimum atomic E-state index is -0.640. The van der Waals surface area contributed by atoms with Crippen LogP contribution in [0.25, 0.3) is 0 Å². The summed E-state index contributed by atoms with van der Waals surface area (Å²) in [6.45, 7) is 5.97. The Kier molecular flexibility index (Phi) is 3.56.